The van der Waals surface area contributed by atoms with E-state index in [4.69, 9.17) is 9.15 Å². The number of hydrogen-bond donors (Lipinski definition) is 1. The van der Waals surface area contributed by atoms with Crippen molar-refractivity contribution >= 4 is 21.9 Å². The second-order valence-corrected chi connectivity index (χ2v) is 8.30. The van der Waals surface area contributed by atoms with Crippen LogP contribution in [0, 0.1) is 0 Å². The molecule has 1 aromatic heterocycles. The summed E-state index contributed by atoms with van der Waals surface area (Å²) in [5.41, 5.74) is -0.0769. The Morgan fingerprint density at radius 1 is 1.07 bits per heavy atom. The minimum atomic E-state index is -3.80. The van der Waals surface area contributed by atoms with Crippen LogP contribution < -0.4 is 5.32 Å². The number of sulfonamides is 1. The Morgan fingerprint density at radius 3 is 2.54 bits per heavy atom. The van der Waals surface area contributed by atoms with Gasteiger partial charge in [0.1, 0.15) is 5.76 Å². The SMILES string of the molecule is O=C(COC(=O)c1ccccc1S(=O)(=O)N1CCCCC1)NCc1ccco1. The molecule has 3 rings (SSSR count). The molecule has 0 bridgehead atoms. The number of rotatable bonds is 7. The number of carbonyl (C=O) groups is 2. The predicted octanol–water partition coefficient (Wildman–Crippen LogP) is 1.93. The maximum absolute atomic E-state index is 12.9. The van der Waals surface area contributed by atoms with Crippen molar-refractivity contribution in [2.45, 2.75) is 30.7 Å². The van der Waals surface area contributed by atoms with Crippen molar-refractivity contribution in [1.29, 1.82) is 0 Å². The summed E-state index contributed by atoms with van der Waals surface area (Å²) in [6, 6.07) is 9.29. The number of nitrogens with zero attached hydrogens (tertiary/aromatic N) is 1. The van der Waals surface area contributed by atoms with Gasteiger partial charge >= 0.3 is 5.97 Å². The Kier molecular flexibility index (Phi) is 6.48. The zero-order valence-electron chi connectivity index (χ0n) is 15.3. The van der Waals surface area contributed by atoms with Gasteiger partial charge in [-0.15, -0.1) is 0 Å². The van der Waals surface area contributed by atoms with Crippen LogP contribution in [0.4, 0.5) is 0 Å². The number of piperidine rings is 1. The Hall–Kier alpha value is -2.65. The normalized spacial score (nSPS) is 15.1. The maximum atomic E-state index is 12.9. The number of amides is 1. The topological polar surface area (TPSA) is 106 Å². The van der Waals surface area contributed by atoms with Crippen molar-refractivity contribution in [3.05, 3.63) is 54.0 Å². The van der Waals surface area contributed by atoms with Crippen molar-refractivity contribution < 1.29 is 27.2 Å². The highest BCUT2D eigenvalue weighted by Crippen LogP contribution is 2.24. The van der Waals surface area contributed by atoms with E-state index in [1.165, 1.54) is 22.7 Å². The fraction of sp³-hybridized carbons (Fsp3) is 0.368. The summed E-state index contributed by atoms with van der Waals surface area (Å²) in [6.07, 6.45) is 4.06. The lowest BCUT2D eigenvalue weighted by atomic mass is 10.2. The molecule has 150 valence electrons. The Morgan fingerprint density at radius 2 is 1.82 bits per heavy atom. The third-order valence-corrected chi connectivity index (χ3v) is 6.37. The van der Waals surface area contributed by atoms with Crippen LogP contribution >= 0.6 is 0 Å². The van der Waals surface area contributed by atoms with Gasteiger partial charge in [0.05, 0.1) is 23.3 Å². The summed E-state index contributed by atoms with van der Waals surface area (Å²) in [5, 5.41) is 2.55. The first-order chi connectivity index (χ1) is 13.5. The van der Waals surface area contributed by atoms with Crippen LogP contribution in [0.1, 0.15) is 35.4 Å². The van der Waals surface area contributed by atoms with E-state index >= 15 is 0 Å². The van der Waals surface area contributed by atoms with Crippen molar-refractivity contribution in [3.63, 3.8) is 0 Å². The summed E-state index contributed by atoms with van der Waals surface area (Å²) < 4.78 is 37.3. The van der Waals surface area contributed by atoms with Crippen LogP contribution in [0.5, 0.6) is 0 Å². The molecule has 1 aliphatic heterocycles. The Balaban J connectivity index is 1.64. The average Bonchev–Trinajstić information content (AvgIpc) is 3.25. The lowest BCUT2D eigenvalue weighted by Gasteiger charge is -2.26. The quantitative estimate of drug-likeness (QED) is 0.705. The molecule has 0 aliphatic carbocycles. The van der Waals surface area contributed by atoms with Crippen LogP contribution in [0.2, 0.25) is 0 Å². The molecular weight excluding hydrogens is 384 g/mol. The van der Waals surface area contributed by atoms with E-state index in [1.54, 1.807) is 24.3 Å². The van der Waals surface area contributed by atoms with Gasteiger partial charge in [0.15, 0.2) is 6.61 Å². The minimum absolute atomic E-state index is 0.0769. The first-order valence-electron chi connectivity index (χ1n) is 9.04. The molecule has 8 nitrogen and oxygen atoms in total. The van der Waals surface area contributed by atoms with Crippen LogP contribution in [-0.4, -0.2) is 44.3 Å². The van der Waals surface area contributed by atoms with Crippen molar-refractivity contribution in [1.82, 2.24) is 9.62 Å². The van der Waals surface area contributed by atoms with E-state index in [0.717, 1.165) is 19.3 Å². The van der Waals surface area contributed by atoms with E-state index in [2.05, 4.69) is 5.32 Å². The molecule has 28 heavy (non-hydrogen) atoms. The number of ether oxygens (including phenoxy) is 1. The molecule has 1 fully saturated rings. The lowest BCUT2D eigenvalue weighted by Crippen LogP contribution is -2.36. The first-order valence-corrected chi connectivity index (χ1v) is 10.5. The summed E-state index contributed by atoms with van der Waals surface area (Å²) in [6.45, 7) is 0.517. The zero-order chi connectivity index (χ0) is 20.0. The molecule has 0 radical (unpaired) electrons. The van der Waals surface area contributed by atoms with E-state index in [-0.39, 0.29) is 17.0 Å². The molecule has 1 amide bonds. The summed E-state index contributed by atoms with van der Waals surface area (Å²) in [4.78, 5) is 24.2. The van der Waals surface area contributed by atoms with E-state index < -0.39 is 28.5 Å². The lowest BCUT2D eigenvalue weighted by molar-refractivity contribution is -0.124. The van der Waals surface area contributed by atoms with Crippen LogP contribution in [0.25, 0.3) is 0 Å². The van der Waals surface area contributed by atoms with Gasteiger partial charge in [-0.3, -0.25) is 4.79 Å². The first kappa shape index (κ1) is 20.1. The molecule has 1 N–H and O–H groups in total. The van der Waals surface area contributed by atoms with Gasteiger partial charge in [-0.25, -0.2) is 13.2 Å². The molecule has 0 atom stereocenters. The average molecular weight is 406 g/mol. The predicted molar refractivity (Wildman–Crippen MR) is 99.9 cm³/mol. The Labute approximate surface area is 163 Å². The van der Waals surface area contributed by atoms with Crippen LogP contribution in [-0.2, 0) is 26.1 Å². The second kappa shape index (κ2) is 9.03. The summed E-state index contributed by atoms with van der Waals surface area (Å²) in [7, 11) is -3.80. The smallest absolute Gasteiger partial charge is 0.340 e. The highest BCUT2D eigenvalue weighted by atomic mass is 32.2. The molecular formula is C19H22N2O6S. The van der Waals surface area contributed by atoms with E-state index in [9.17, 15) is 18.0 Å². The minimum Gasteiger partial charge on any atom is -0.467 e. The number of hydrogen-bond acceptors (Lipinski definition) is 6. The number of esters is 1. The van der Waals surface area contributed by atoms with Crippen LogP contribution in [0.3, 0.4) is 0 Å². The molecule has 0 unspecified atom stereocenters. The van der Waals surface area contributed by atoms with Crippen molar-refractivity contribution in [2.24, 2.45) is 0 Å². The highest BCUT2D eigenvalue weighted by Gasteiger charge is 2.30. The molecule has 0 spiro atoms. The molecule has 1 saturated heterocycles. The fourth-order valence-corrected chi connectivity index (χ4v) is 4.66. The number of furan rings is 1. The molecule has 2 heterocycles. The molecule has 1 aromatic carbocycles. The molecule has 2 aromatic rings. The third-order valence-electron chi connectivity index (χ3n) is 4.41. The number of benzene rings is 1. The van der Waals surface area contributed by atoms with Crippen LogP contribution in [0.15, 0.2) is 52.0 Å². The fourth-order valence-electron chi connectivity index (χ4n) is 2.96. The molecule has 0 saturated carbocycles. The van der Waals surface area contributed by atoms with Gasteiger partial charge in [-0.05, 0) is 37.1 Å². The molecule has 9 heteroatoms. The monoisotopic (exact) mass is 406 g/mol. The van der Waals surface area contributed by atoms with Gasteiger partial charge in [-0.2, -0.15) is 4.31 Å². The van der Waals surface area contributed by atoms with E-state index in [1.807, 2.05) is 0 Å². The summed E-state index contributed by atoms with van der Waals surface area (Å²) in [5.74, 6) is -0.803. The largest absolute Gasteiger partial charge is 0.467 e. The zero-order valence-corrected chi connectivity index (χ0v) is 16.1. The van der Waals surface area contributed by atoms with E-state index in [0.29, 0.717) is 18.8 Å². The number of nitrogens with one attached hydrogen (secondary N) is 1. The number of carbonyl (C=O) groups excluding carboxylic acids is 2. The van der Waals surface area contributed by atoms with Gasteiger partial charge in [-0.1, -0.05) is 18.6 Å². The standard InChI is InChI=1S/C19H22N2O6S/c22-18(20-13-15-7-6-12-26-15)14-27-19(23)16-8-2-3-9-17(16)28(24,25)21-10-4-1-5-11-21/h2-3,6-9,12H,1,4-5,10-11,13-14H2,(H,20,22). The second-order valence-electron chi connectivity index (χ2n) is 6.39. The van der Waals surface area contributed by atoms with Gasteiger partial charge < -0.3 is 14.5 Å². The Bertz CT molecular complexity index is 918. The van der Waals surface area contributed by atoms with Crippen molar-refractivity contribution in [3.8, 4) is 0 Å². The third kappa shape index (κ3) is 4.79. The summed E-state index contributed by atoms with van der Waals surface area (Å²) >= 11 is 0. The van der Waals surface area contributed by atoms with Gasteiger partial charge in [0.2, 0.25) is 10.0 Å². The van der Waals surface area contributed by atoms with Gasteiger partial charge in [0, 0.05) is 13.1 Å². The molecule has 1 aliphatic rings. The maximum Gasteiger partial charge on any atom is 0.340 e. The highest BCUT2D eigenvalue weighted by molar-refractivity contribution is 7.89. The van der Waals surface area contributed by atoms with Crippen molar-refractivity contribution in [2.75, 3.05) is 19.7 Å². The van der Waals surface area contributed by atoms with Gasteiger partial charge in [0.25, 0.3) is 5.91 Å².